The molecule has 172 valence electrons. The molecule has 3 amide bonds. The van der Waals surface area contributed by atoms with E-state index in [1.54, 1.807) is 6.92 Å². The van der Waals surface area contributed by atoms with Crippen molar-refractivity contribution in [2.75, 3.05) is 11.9 Å². The van der Waals surface area contributed by atoms with Gasteiger partial charge in [0.15, 0.2) is 6.61 Å². The zero-order valence-corrected chi connectivity index (χ0v) is 19.1. The quantitative estimate of drug-likeness (QED) is 0.437. The highest BCUT2D eigenvalue weighted by molar-refractivity contribution is 6.22. The Morgan fingerprint density at radius 1 is 0.912 bits per heavy atom. The van der Waals surface area contributed by atoms with Crippen molar-refractivity contribution in [1.82, 2.24) is 4.90 Å². The maximum atomic E-state index is 13.0. The molecule has 0 bridgehead atoms. The van der Waals surface area contributed by atoms with Crippen molar-refractivity contribution in [2.24, 2.45) is 0 Å². The van der Waals surface area contributed by atoms with Crippen molar-refractivity contribution < 1.29 is 23.9 Å². The molecule has 7 nitrogen and oxygen atoms in total. The summed E-state index contributed by atoms with van der Waals surface area (Å²) in [7, 11) is 0. The van der Waals surface area contributed by atoms with Gasteiger partial charge in [0, 0.05) is 5.69 Å². The van der Waals surface area contributed by atoms with E-state index in [9.17, 15) is 19.2 Å². The van der Waals surface area contributed by atoms with Gasteiger partial charge in [-0.15, -0.1) is 0 Å². The fourth-order valence-electron chi connectivity index (χ4n) is 3.89. The molecule has 1 atom stereocenters. The number of carbonyl (C=O) groups excluding carboxylic acids is 4. The number of anilines is 1. The number of hydrogen-bond donors (Lipinski definition) is 1. The SMILES string of the molecule is Cc1ccc(C)c(NC(=O)COC(=O)c2ccc3c(c2)C(=O)N([C@@H](C)c2ccccc2)C3=O)c1. The van der Waals surface area contributed by atoms with E-state index in [4.69, 9.17) is 4.74 Å². The van der Waals surface area contributed by atoms with Crippen LogP contribution >= 0.6 is 0 Å². The Morgan fingerprint density at radius 3 is 2.35 bits per heavy atom. The molecule has 3 aromatic carbocycles. The number of carbonyl (C=O) groups is 4. The average Bonchev–Trinajstić information content (AvgIpc) is 3.09. The monoisotopic (exact) mass is 456 g/mol. The van der Waals surface area contributed by atoms with Crippen LogP contribution in [-0.2, 0) is 9.53 Å². The molecule has 1 heterocycles. The van der Waals surface area contributed by atoms with E-state index >= 15 is 0 Å². The molecule has 0 saturated heterocycles. The third-order valence-corrected chi connectivity index (χ3v) is 5.82. The van der Waals surface area contributed by atoms with Gasteiger partial charge in [0.2, 0.25) is 0 Å². The first-order valence-corrected chi connectivity index (χ1v) is 10.9. The molecule has 4 rings (SSSR count). The molecule has 0 fully saturated rings. The lowest BCUT2D eigenvalue weighted by Gasteiger charge is -2.22. The Kier molecular flexibility index (Phi) is 6.27. The highest BCUT2D eigenvalue weighted by Crippen LogP contribution is 2.31. The van der Waals surface area contributed by atoms with Gasteiger partial charge in [0.05, 0.1) is 22.7 Å². The van der Waals surface area contributed by atoms with Gasteiger partial charge in [-0.05, 0) is 61.7 Å². The van der Waals surface area contributed by atoms with Crippen LogP contribution in [-0.4, -0.2) is 35.2 Å². The second-order valence-corrected chi connectivity index (χ2v) is 8.27. The molecule has 34 heavy (non-hydrogen) atoms. The zero-order valence-electron chi connectivity index (χ0n) is 19.1. The number of imide groups is 1. The predicted octanol–water partition coefficient (Wildman–Crippen LogP) is 4.46. The smallest absolute Gasteiger partial charge is 0.338 e. The number of ether oxygens (including phenoxy) is 1. The fraction of sp³-hybridized carbons (Fsp3) is 0.185. The van der Waals surface area contributed by atoms with Crippen LogP contribution in [0.5, 0.6) is 0 Å². The maximum absolute atomic E-state index is 13.0. The Hall–Kier alpha value is -4.26. The van der Waals surface area contributed by atoms with E-state index in [0.29, 0.717) is 5.69 Å². The van der Waals surface area contributed by atoms with Crippen molar-refractivity contribution in [2.45, 2.75) is 26.8 Å². The van der Waals surface area contributed by atoms with Crippen molar-refractivity contribution in [3.05, 3.63) is 100 Å². The molecule has 0 spiro atoms. The van der Waals surface area contributed by atoms with E-state index in [2.05, 4.69) is 5.32 Å². The van der Waals surface area contributed by atoms with Crippen LogP contribution in [0.3, 0.4) is 0 Å². The summed E-state index contributed by atoms with van der Waals surface area (Å²) < 4.78 is 5.14. The largest absolute Gasteiger partial charge is 0.452 e. The van der Waals surface area contributed by atoms with E-state index in [1.165, 1.54) is 23.1 Å². The summed E-state index contributed by atoms with van der Waals surface area (Å²) in [5, 5.41) is 2.72. The number of fused-ring (bicyclic) bond motifs is 1. The maximum Gasteiger partial charge on any atom is 0.338 e. The normalized spacial score (nSPS) is 13.4. The highest BCUT2D eigenvalue weighted by Gasteiger charge is 2.39. The number of benzene rings is 3. The minimum absolute atomic E-state index is 0.0913. The Labute approximate surface area is 197 Å². The van der Waals surface area contributed by atoms with Gasteiger partial charge in [0.1, 0.15) is 0 Å². The molecule has 0 aromatic heterocycles. The van der Waals surface area contributed by atoms with E-state index < -0.39 is 36.3 Å². The van der Waals surface area contributed by atoms with Crippen LogP contribution in [0.4, 0.5) is 5.69 Å². The summed E-state index contributed by atoms with van der Waals surface area (Å²) in [6.45, 7) is 5.08. The third-order valence-electron chi connectivity index (χ3n) is 5.82. The first kappa shape index (κ1) is 22.9. The number of rotatable bonds is 6. The number of hydrogen-bond acceptors (Lipinski definition) is 5. The van der Waals surface area contributed by atoms with Crippen LogP contribution in [0.1, 0.15) is 60.7 Å². The van der Waals surface area contributed by atoms with Crippen molar-refractivity contribution >= 4 is 29.4 Å². The summed E-state index contributed by atoms with van der Waals surface area (Å²) in [4.78, 5) is 51.9. The second kappa shape index (κ2) is 9.31. The summed E-state index contributed by atoms with van der Waals surface area (Å²) in [6.07, 6.45) is 0. The minimum Gasteiger partial charge on any atom is -0.452 e. The lowest BCUT2D eigenvalue weighted by Crippen LogP contribution is -2.32. The highest BCUT2D eigenvalue weighted by atomic mass is 16.5. The van der Waals surface area contributed by atoms with Crippen LogP contribution in [0.15, 0.2) is 66.7 Å². The average molecular weight is 456 g/mol. The van der Waals surface area contributed by atoms with Crippen LogP contribution in [0.2, 0.25) is 0 Å². The first-order valence-electron chi connectivity index (χ1n) is 10.9. The Bertz CT molecular complexity index is 1300. The molecule has 1 aliphatic rings. The predicted molar refractivity (Wildman–Crippen MR) is 127 cm³/mol. The van der Waals surface area contributed by atoms with Gasteiger partial charge in [-0.25, -0.2) is 4.79 Å². The van der Waals surface area contributed by atoms with Gasteiger partial charge in [-0.3, -0.25) is 19.3 Å². The van der Waals surface area contributed by atoms with Crippen molar-refractivity contribution in [3.63, 3.8) is 0 Å². The van der Waals surface area contributed by atoms with E-state index in [0.717, 1.165) is 16.7 Å². The summed E-state index contributed by atoms with van der Waals surface area (Å²) in [6, 6.07) is 18.7. The fourth-order valence-corrected chi connectivity index (χ4v) is 3.89. The van der Waals surface area contributed by atoms with Gasteiger partial charge < -0.3 is 10.1 Å². The third kappa shape index (κ3) is 4.45. The molecule has 1 N–H and O–H groups in total. The second-order valence-electron chi connectivity index (χ2n) is 8.27. The number of esters is 1. The van der Waals surface area contributed by atoms with Gasteiger partial charge in [0.25, 0.3) is 17.7 Å². The number of nitrogens with one attached hydrogen (secondary N) is 1. The molecule has 0 unspecified atom stereocenters. The summed E-state index contributed by atoms with van der Waals surface area (Å²) in [5.74, 6) is -2.12. The number of amides is 3. The van der Waals surface area contributed by atoms with Crippen molar-refractivity contribution in [3.8, 4) is 0 Å². The lowest BCUT2D eigenvalue weighted by molar-refractivity contribution is -0.119. The lowest BCUT2D eigenvalue weighted by atomic mass is 10.1. The zero-order chi connectivity index (χ0) is 24.4. The number of aryl methyl sites for hydroxylation is 2. The molecule has 3 aromatic rings. The summed E-state index contributed by atoms with van der Waals surface area (Å²) in [5.41, 5.74) is 3.82. The number of nitrogens with zero attached hydrogens (tertiary/aromatic N) is 1. The van der Waals surface area contributed by atoms with E-state index in [-0.39, 0.29) is 16.7 Å². The van der Waals surface area contributed by atoms with Gasteiger partial charge >= 0.3 is 5.97 Å². The molecule has 0 aliphatic carbocycles. The molecule has 0 radical (unpaired) electrons. The molecular formula is C27H24N2O5. The first-order chi connectivity index (χ1) is 16.3. The van der Waals surface area contributed by atoms with Crippen molar-refractivity contribution in [1.29, 1.82) is 0 Å². The standard InChI is InChI=1S/C27H24N2O5/c1-16-9-10-17(2)23(13-16)28-24(30)15-34-27(33)20-11-12-21-22(14-20)26(32)29(25(21)31)18(3)19-7-5-4-6-8-19/h4-14,18H,15H2,1-3H3,(H,28,30)/t18-/m0/s1. The minimum atomic E-state index is -0.756. The van der Waals surface area contributed by atoms with Crippen LogP contribution in [0, 0.1) is 13.8 Å². The Morgan fingerprint density at radius 2 is 1.62 bits per heavy atom. The molecule has 0 saturated carbocycles. The summed E-state index contributed by atoms with van der Waals surface area (Å²) >= 11 is 0. The molecule has 7 heteroatoms. The Balaban J connectivity index is 1.44. The molecular weight excluding hydrogens is 432 g/mol. The molecule has 1 aliphatic heterocycles. The van der Waals surface area contributed by atoms with Crippen LogP contribution < -0.4 is 5.32 Å². The van der Waals surface area contributed by atoms with E-state index in [1.807, 2.05) is 62.4 Å². The van der Waals surface area contributed by atoms with Gasteiger partial charge in [-0.1, -0.05) is 42.5 Å². The topological polar surface area (TPSA) is 92.8 Å². The van der Waals surface area contributed by atoms with Crippen LogP contribution in [0.25, 0.3) is 0 Å². The van der Waals surface area contributed by atoms with Gasteiger partial charge in [-0.2, -0.15) is 0 Å².